The van der Waals surface area contributed by atoms with E-state index in [1.165, 1.54) is 0 Å². The molecule has 2 rings (SSSR count). The predicted octanol–water partition coefficient (Wildman–Crippen LogP) is 0.577. The van der Waals surface area contributed by atoms with Gasteiger partial charge in [-0.1, -0.05) is 23.2 Å². The second-order valence-electron chi connectivity index (χ2n) is 2.84. The third kappa shape index (κ3) is 1.38. The lowest BCUT2D eigenvalue weighted by Gasteiger charge is -1.94. The van der Waals surface area contributed by atoms with E-state index >= 15 is 0 Å². The Balaban J connectivity index is 2.53. The molecule has 0 bridgehead atoms. The zero-order valence-electron chi connectivity index (χ0n) is 7.36. The van der Waals surface area contributed by atoms with E-state index in [-0.39, 0.29) is 0 Å². The summed E-state index contributed by atoms with van der Waals surface area (Å²) in [6.07, 6.45) is 0. The molecule has 1 aromatic heterocycles. The Morgan fingerprint density at radius 2 is 2.00 bits per heavy atom. The Morgan fingerprint density at radius 1 is 1.31 bits per heavy atom. The van der Waals surface area contributed by atoms with Crippen molar-refractivity contribution in [2.24, 2.45) is 0 Å². The summed E-state index contributed by atoms with van der Waals surface area (Å²) in [4.78, 5) is 4.07. The van der Waals surface area contributed by atoms with Crippen LogP contribution < -0.4 is 10.4 Å². The van der Waals surface area contributed by atoms with Gasteiger partial charge in [-0.15, -0.1) is 4.68 Å². The fraction of sp³-hybridized carbons (Fsp3) is 0.111. The van der Waals surface area contributed by atoms with E-state index < -0.39 is 0 Å². The zero-order valence-corrected chi connectivity index (χ0v) is 7.36. The number of aryl methyl sites for hydroxylation is 1. The summed E-state index contributed by atoms with van der Waals surface area (Å²) in [7, 11) is 0. The van der Waals surface area contributed by atoms with Crippen LogP contribution in [-0.2, 0) is 0 Å². The van der Waals surface area contributed by atoms with E-state index in [0.29, 0.717) is 5.95 Å². The highest BCUT2D eigenvalue weighted by Crippen LogP contribution is 1.99. The molecule has 0 spiro atoms. The molecule has 0 radical (unpaired) electrons. The summed E-state index contributed by atoms with van der Waals surface area (Å²) in [5.41, 5.74) is 6.68. The van der Waals surface area contributed by atoms with Crippen LogP contribution in [0.15, 0.2) is 30.3 Å². The minimum absolute atomic E-state index is 0.476. The lowest BCUT2D eigenvalue weighted by Crippen LogP contribution is -2.35. The number of rotatable bonds is 1. The number of hydrogen-bond donors (Lipinski definition) is 2. The number of aromatic nitrogens is 3. The van der Waals surface area contributed by atoms with Gasteiger partial charge in [0.15, 0.2) is 0 Å². The van der Waals surface area contributed by atoms with Crippen molar-refractivity contribution in [3.63, 3.8) is 0 Å². The van der Waals surface area contributed by atoms with Crippen LogP contribution in [0.3, 0.4) is 0 Å². The molecule has 0 fully saturated rings. The van der Waals surface area contributed by atoms with Gasteiger partial charge in [0.25, 0.3) is 0 Å². The van der Waals surface area contributed by atoms with E-state index in [1.54, 1.807) is 4.68 Å². The molecule has 2 aromatic rings. The summed E-state index contributed by atoms with van der Waals surface area (Å²) in [6.45, 7) is 1.87. The van der Waals surface area contributed by atoms with Crippen molar-refractivity contribution in [2.75, 3.05) is 5.73 Å². The highest BCUT2D eigenvalue weighted by Gasteiger charge is 2.11. The first-order valence-electron chi connectivity index (χ1n) is 4.07. The summed E-state index contributed by atoms with van der Waals surface area (Å²) in [6, 6.07) is 9.81. The first-order chi connectivity index (χ1) is 6.27. The van der Waals surface area contributed by atoms with Crippen molar-refractivity contribution in [3.05, 3.63) is 36.2 Å². The molecule has 0 unspecified atom stereocenters. The Labute approximate surface area is 76.0 Å². The predicted molar refractivity (Wildman–Crippen MR) is 49.3 cm³/mol. The van der Waals surface area contributed by atoms with Gasteiger partial charge in [0.2, 0.25) is 5.82 Å². The normalized spacial score (nSPS) is 10.2. The molecule has 13 heavy (non-hydrogen) atoms. The quantitative estimate of drug-likeness (QED) is 0.623. The van der Waals surface area contributed by atoms with Crippen LogP contribution in [0.4, 0.5) is 5.95 Å². The third-order valence-electron chi connectivity index (χ3n) is 1.80. The van der Waals surface area contributed by atoms with E-state index in [2.05, 4.69) is 10.1 Å². The zero-order chi connectivity index (χ0) is 9.26. The van der Waals surface area contributed by atoms with Crippen molar-refractivity contribution in [1.29, 1.82) is 0 Å². The first-order valence-corrected chi connectivity index (χ1v) is 4.07. The number of nitrogens with two attached hydrogens (primary N) is 1. The van der Waals surface area contributed by atoms with Gasteiger partial charge in [0.05, 0.1) is 0 Å². The van der Waals surface area contributed by atoms with E-state index in [4.69, 9.17) is 5.73 Å². The molecule has 0 aliphatic rings. The van der Waals surface area contributed by atoms with Gasteiger partial charge in [0.1, 0.15) is 5.69 Å². The van der Waals surface area contributed by atoms with Crippen LogP contribution in [-0.4, -0.2) is 10.1 Å². The summed E-state index contributed by atoms with van der Waals surface area (Å²) < 4.78 is 1.75. The highest BCUT2D eigenvalue weighted by molar-refractivity contribution is 5.23. The summed E-state index contributed by atoms with van der Waals surface area (Å²) in [5, 5.41) is 3.04. The Morgan fingerprint density at radius 3 is 2.54 bits per heavy atom. The highest BCUT2D eigenvalue weighted by atomic mass is 15.4. The lowest BCUT2D eigenvalue weighted by atomic mass is 10.3. The van der Waals surface area contributed by atoms with Crippen molar-refractivity contribution in [2.45, 2.75) is 6.92 Å². The largest absolute Gasteiger partial charge is 0.414 e. The molecule has 0 aliphatic heterocycles. The molecular formula is C9H11N4+. The van der Waals surface area contributed by atoms with Gasteiger partial charge in [-0.05, 0) is 12.1 Å². The number of nitrogen functional groups attached to an aromatic ring is 1. The SMILES string of the molecule is Cc1nc(N)[n+](-c2ccccc2)[nH]1. The number of H-pyrrole nitrogens is 1. The standard InChI is InChI=1S/C9H10N4/c1-7-11-9(10)13(12-7)8-5-3-2-4-6-8/h2-6H,1H3,(H2,10,11,12)/p+1. The third-order valence-corrected chi connectivity index (χ3v) is 1.80. The maximum absolute atomic E-state index is 5.69. The van der Waals surface area contributed by atoms with Crippen LogP contribution in [0.1, 0.15) is 5.82 Å². The molecule has 4 heteroatoms. The van der Waals surface area contributed by atoms with Crippen molar-refractivity contribution in [3.8, 4) is 5.69 Å². The van der Waals surface area contributed by atoms with Crippen molar-refractivity contribution < 1.29 is 4.68 Å². The number of benzene rings is 1. The maximum atomic E-state index is 5.69. The second-order valence-corrected chi connectivity index (χ2v) is 2.84. The Hall–Kier alpha value is -1.84. The fourth-order valence-corrected chi connectivity index (χ4v) is 1.24. The van der Waals surface area contributed by atoms with Gasteiger partial charge in [-0.25, -0.2) is 5.10 Å². The monoisotopic (exact) mass is 175 g/mol. The topological polar surface area (TPSA) is 58.6 Å². The number of aromatic amines is 1. The van der Waals surface area contributed by atoms with E-state index in [1.807, 2.05) is 37.3 Å². The molecule has 0 saturated carbocycles. The average molecular weight is 175 g/mol. The molecule has 1 heterocycles. The molecule has 0 atom stereocenters. The van der Waals surface area contributed by atoms with E-state index in [9.17, 15) is 0 Å². The number of nitrogens with zero attached hydrogens (tertiary/aromatic N) is 2. The molecule has 0 aliphatic carbocycles. The Kier molecular flexibility index (Phi) is 1.73. The summed E-state index contributed by atoms with van der Waals surface area (Å²) >= 11 is 0. The molecular weight excluding hydrogens is 164 g/mol. The van der Waals surface area contributed by atoms with Crippen LogP contribution in [0.2, 0.25) is 0 Å². The summed E-state index contributed by atoms with van der Waals surface area (Å²) in [5.74, 6) is 1.28. The molecule has 3 N–H and O–H groups in total. The van der Waals surface area contributed by atoms with Crippen LogP contribution in [0, 0.1) is 6.92 Å². The van der Waals surface area contributed by atoms with E-state index in [0.717, 1.165) is 11.5 Å². The number of nitrogens with one attached hydrogen (secondary N) is 1. The van der Waals surface area contributed by atoms with Gasteiger partial charge in [0, 0.05) is 6.92 Å². The second kappa shape index (κ2) is 2.90. The van der Waals surface area contributed by atoms with Gasteiger partial charge >= 0.3 is 5.95 Å². The maximum Gasteiger partial charge on any atom is 0.414 e. The first kappa shape index (κ1) is 7.79. The van der Waals surface area contributed by atoms with Gasteiger partial charge in [-0.2, -0.15) is 0 Å². The lowest BCUT2D eigenvalue weighted by molar-refractivity contribution is -0.642. The molecule has 0 amide bonds. The minimum Gasteiger partial charge on any atom is -0.285 e. The fourth-order valence-electron chi connectivity index (χ4n) is 1.24. The molecule has 1 aromatic carbocycles. The number of para-hydroxylation sites is 1. The number of hydrogen-bond acceptors (Lipinski definition) is 2. The van der Waals surface area contributed by atoms with Crippen molar-refractivity contribution in [1.82, 2.24) is 10.1 Å². The van der Waals surface area contributed by atoms with Crippen LogP contribution >= 0.6 is 0 Å². The average Bonchev–Trinajstić information content (AvgIpc) is 2.47. The Bertz CT molecular complexity index is 405. The van der Waals surface area contributed by atoms with Crippen molar-refractivity contribution >= 4 is 5.95 Å². The van der Waals surface area contributed by atoms with Crippen LogP contribution in [0.5, 0.6) is 0 Å². The molecule has 66 valence electrons. The minimum atomic E-state index is 0.476. The smallest absolute Gasteiger partial charge is 0.285 e. The molecule has 4 nitrogen and oxygen atoms in total. The van der Waals surface area contributed by atoms with Gasteiger partial charge in [-0.3, -0.25) is 5.73 Å². The van der Waals surface area contributed by atoms with Gasteiger partial charge < -0.3 is 0 Å². The number of anilines is 1. The van der Waals surface area contributed by atoms with Crippen LogP contribution in [0.25, 0.3) is 5.69 Å². The molecule has 0 saturated heterocycles.